The quantitative estimate of drug-likeness (QED) is 0.931. The lowest BCUT2D eigenvalue weighted by Crippen LogP contribution is -2.32. The van der Waals surface area contributed by atoms with Crippen LogP contribution in [0.5, 0.6) is 5.75 Å². The normalized spacial score (nSPS) is 25.5. The Hall–Kier alpha value is -0.550. The third-order valence-electron chi connectivity index (χ3n) is 3.88. The van der Waals surface area contributed by atoms with Gasteiger partial charge in [0.05, 0.1) is 12.3 Å². The van der Waals surface area contributed by atoms with Crippen LogP contribution in [0.3, 0.4) is 0 Å². The Kier molecular flexibility index (Phi) is 3.89. The number of rotatable bonds is 3. The van der Waals surface area contributed by atoms with E-state index in [-0.39, 0.29) is 0 Å². The molecule has 2 aliphatic rings. The molecule has 2 fully saturated rings. The Morgan fingerprint density at radius 1 is 1.22 bits per heavy atom. The summed E-state index contributed by atoms with van der Waals surface area (Å²) in [6.45, 7) is 1.08. The van der Waals surface area contributed by atoms with Gasteiger partial charge in [0.15, 0.2) is 5.75 Å². The van der Waals surface area contributed by atoms with E-state index in [0.29, 0.717) is 12.3 Å². The summed E-state index contributed by atoms with van der Waals surface area (Å²) in [5.74, 6) is 0.897. The molecule has 1 atom stereocenters. The van der Waals surface area contributed by atoms with Crippen LogP contribution in [-0.4, -0.2) is 22.4 Å². The number of nitrogens with one attached hydrogen (secondary N) is 1. The molecule has 1 aliphatic carbocycles. The van der Waals surface area contributed by atoms with Crippen LogP contribution in [-0.2, 0) is 0 Å². The molecule has 18 heavy (non-hydrogen) atoms. The topological polar surface area (TPSA) is 39.1 Å². The zero-order valence-corrected chi connectivity index (χ0v) is 12.2. The van der Waals surface area contributed by atoms with Crippen LogP contribution in [0.15, 0.2) is 10.8 Å². The number of halogens is 1. The van der Waals surface area contributed by atoms with Crippen molar-refractivity contribution in [2.24, 2.45) is 0 Å². The van der Waals surface area contributed by atoms with Gasteiger partial charge in [-0.05, 0) is 67.4 Å². The molecule has 0 bridgehead atoms. The van der Waals surface area contributed by atoms with E-state index in [4.69, 9.17) is 4.74 Å². The molecule has 1 saturated heterocycles. The van der Waals surface area contributed by atoms with E-state index in [1.807, 2.05) is 10.9 Å². The standard InChI is InChI=1S/C13H20BrN3O/c14-13-11(18-10-5-1-2-6-10)9-16-17(13)12-7-3-4-8-15-12/h9-10,12,15H,1-8H2. The van der Waals surface area contributed by atoms with Crippen molar-refractivity contribution in [3.05, 3.63) is 10.8 Å². The molecule has 5 heteroatoms. The van der Waals surface area contributed by atoms with Crippen molar-refractivity contribution in [2.45, 2.75) is 57.2 Å². The number of hydrogen-bond acceptors (Lipinski definition) is 3. The molecule has 0 amide bonds. The van der Waals surface area contributed by atoms with Crippen molar-refractivity contribution < 1.29 is 4.74 Å². The molecular formula is C13H20BrN3O. The van der Waals surface area contributed by atoms with Crippen molar-refractivity contribution in [3.63, 3.8) is 0 Å². The van der Waals surface area contributed by atoms with Crippen LogP contribution in [0, 0.1) is 0 Å². The van der Waals surface area contributed by atoms with Crippen LogP contribution in [0.2, 0.25) is 0 Å². The molecule has 3 rings (SSSR count). The minimum atomic E-state index is 0.314. The summed E-state index contributed by atoms with van der Waals surface area (Å²) in [6.07, 6.45) is 11.2. The summed E-state index contributed by atoms with van der Waals surface area (Å²) in [6, 6.07) is 0. The molecule has 1 unspecified atom stereocenters. The van der Waals surface area contributed by atoms with Crippen LogP contribution >= 0.6 is 15.9 Å². The predicted molar refractivity (Wildman–Crippen MR) is 73.7 cm³/mol. The van der Waals surface area contributed by atoms with E-state index in [0.717, 1.165) is 23.3 Å². The second-order valence-electron chi connectivity index (χ2n) is 5.23. The van der Waals surface area contributed by atoms with Crippen LogP contribution in [0.4, 0.5) is 0 Å². The van der Waals surface area contributed by atoms with Gasteiger partial charge in [0.1, 0.15) is 10.8 Å². The van der Waals surface area contributed by atoms with E-state index >= 15 is 0 Å². The molecule has 1 saturated carbocycles. The van der Waals surface area contributed by atoms with E-state index in [1.54, 1.807) is 0 Å². The lowest BCUT2D eigenvalue weighted by Gasteiger charge is -2.24. The summed E-state index contributed by atoms with van der Waals surface area (Å²) >= 11 is 3.63. The van der Waals surface area contributed by atoms with Crippen molar-refractivity contribution in [1.82, 2.24) is 15.1 Å². The lowest BCUT2D eigenvalue weighted by atomic mass is 10.1. The van der Waals surface area contributed by atoms with E-state index in [1.165, 1.54) is 38.5 Å². The van der Waals surface area contributed by atoms with Gasteiger partial charge >= 0.3 is 0 Å². The zero-order chi connectivity index (χ0) is 12.4. The van der Waals surface area contributed by atoms with Gasteiger partial charge in [0, 0.05) is 0 Å². The van der Waals surface area contributed by atoms with Gasteiger partial charge in [-0.1, -0.05) is 0 Å². The Bertz CT molecular complexity index is 395. The van der Waals surface area contributed by atoms with E-state index in [9.17, 15) is 0 Å². The monoisotopic (exact) mass is 313 g/mol. The zero-order valence-electron chi connectivity index (χ0n) is 10.6. The molecule has 1 aliphatic heterocycles. The first-order chi connectivity index (χ1) is 8.84. The number of piperidine rings is 1. The Morgan fingerprint density at radius 2 is 2.00 bits per heavy atom. The summed E-state index contributed by atoms with van der Waals surface area (Å²) in [5, 5.41) is 7.96. The number of ether oxygens (including phenoxy) is 1. The fraction of sp³-hybridized carbons (Fsp3) is 0.769. The fourth-order valence-electron chi connectivity index (χ4n) is 2.86. The van der Waals surface area contributed by atoms with Crippen molar-refractivity contribution in [3.8, 4) is 5.75 Å². The highest BCUT2D eigenvalue weighted by Gasteiger charge is 2.23. The van der Waals surface area contributed by atoms with Gasteiger partial charge in [-0.15, -0.1) is 0 Å². The molecule has 1 aromatic heterocycles. The Labute approximate surface area is 116 Å². The third kappa shape index (κ3) is 2.57. The average molecular weight is 314 g/mol. The van der Waals surface area contributed by atoms with Crippen LogP contribution in [0.1, 0.15) is 51.1 Å². The second kappa shape index (κ2) is 5.61. The minimum absolute atomic E-state index is 0.314. The smallest absolute Gasteiger partial charge is 0.172 e. The first-order valence-corrected chi connectivity index (χ1v) is 7.77. The number of aromatic nitrogens is 2. The number of nitrogens with zero attached hydrogens (tertiary/aromatic N) is 2. The van der Waals surface area contributed by atoms with Crippen LogP contribution in [0.25, 0.3) is 0 Å². The number of hydrogen-bond donors (Lipinski definition) is 1. The molecule has 1 N–H and O–H groups in total. The van der Waals surface area contributed by atoms with Crippen molar-refractivity contribution in [1.29, 1.82) is 0 Å². The van der Waals surface area contributed by atoms with Gasteiger partial charge in [0.2, 0.25) is 0 Å². The van der Waals surface area contributed by atoms with Gasteiger partial charge in [-0.3, -0.25) is 5.32 Å². The molecular weight excluding hydrogens is 294 g/mol. The molecule has 0 radical (unpaired) electrons. The largest absolute Gasteiger partial charge is 0.486 e. The first-order valence-electron chi connectivity index (χ1n) is 6.97. The third-order valence-corrected chi connectivity index (χ3v) is 4.63. The molecule has 2 heterocycles. The fourth-order valence-corrected chi connectivity index (χ4v) is 3.39. The van der Waals surface area contributed by atoms with Gasteiger partial charge in [-0.2, -0.15) is 5.10 Å². The predicted octanol–water partition coefficient (Wildman–Crippen LogP) is 3.24. The molecule has 0 spiro atoms. The molecule has 4 nitrogen and oxygen atoms in total. The average Bonchev–Trinajstić information content (AvgIpc) is 3.03. The highest BCUT2D eigenvalue weighted by molar-refractivity contribution is 9.10. The lowest BCUT2D eigenvalue weighted by molar-refractivity contribution is 0.207. The van der Waals surface area contributed by atoms with Gasteiger partial charge in [-0.25, -0.2) is 4.68 Å². The Balaban J connectivity index is 1.70. The van der Waals surface area contributed by atoms with Gasteiger partial charge < -0.3 is 4.74 Å². The highest BCUT2D eigenvalue weighted by atomic mass is 79.9. The summed E-state index contributed by atoms with van der Waals surface area (Å²) in [5.41, 5.74) is 0. The van der Waals surface area contributed by atoms with Gasteiger partial charge in [0.25, 0.3) is 0 Å². The van der Waals surface area contributed by atoms with Crippen LogP contribution < -0.4 is 10.1 Å². The van der Waals surface area contributed by atoms with Crippen molar-refractivity contribution in [2.75, 3.05) is 6.54 Å². The summed E-state index contributed by atoms with van der Waals surface area (Å²) in [4.78, 5) is 0. The SMILES string of the molecule is Brc1c(OC2CCCC2)cnn1C1CCCCN1. The second-order valence-corrected chi connectivity index (χ2v) is 5.99. The maximum Gasteiger partial charge on any atom is 0.172 e. The summed E-state index contributed by atoms with van der Waals surface area (Å²) in [7, 11) is 0. The maximum absolute atomic E-state index is 6.02. The molecule has 1 aromatic rings. The minimum Gasteiger partial charge on any atom is -0.486 e. The van der Waals surface area contributed by atoms with E-state index in [2.05, 4.69) is 26.3 Å². The van der Waals surface area contributed by atoms with Crippen molar-refractivity contribution >= 4 is 15.9 Å². The first kappa shape index (κ1) is 12.5. The molecule has 0 aromatic carbocycles. The maximum atomic E-state index is 6.02. The Morgan fingerprint density at radius 3 is 2.72 bits per heavy atom. The van der Waals surface area contributed by atoms with E-state index < -0.39 is 0 Å². The summed E-state index contributed by atoms with van der Waals surface area (Å²) < 4.78 is 9.02. The molecule has 100 valence electrons. The highest BCUT2D eigenvalue weighted by Crippen LogP contribution is 2.32.